The highest BCUT2D eigenvalue weighted by atomic mass is 16.5. The molecule has 0 aliphatic carbocycles. The molecule has 0 fully saturated rings. The van der Waals surface area contributed by atoms with Crippen molar-refractivity contribution in [3.8, 4) is 5.88 Å². The Morgan fingerprint density at radius 3 is 2.88 bits per heavy atom. The monoisotopic (exact) mass is 339 g/mol. The summed E-state index contributed by atoms with van der Waals surface area (Å²) in [6.07, 6.45) is 3.21. The minimum atomic E-state index is 0.436. The molecular weight excluding hydrogens is 318 g/mol. The van der Waals surface area contributed by atoms with E-state index >= 15 is 0 Å². The third-order valence-electron chi connectivity index (χ3n) is 3.57. The van der Waals surface area contributed by atoms with Gasteiger partial charge in [-0.2, -0.15) is 0 Å². The molecule has 130 valence electrons. The smallest absolute Gasteiger partial charge is 0.213 e. The van der Waals surface area contributed by atoms with Gasteiger partial charge in [0.05, 0.1) is 5.39 Å². The molecule has 0 bridgehead atoms. The van der Waals surface area contributed by atoms with Crippen molar-refractivity contribution in [1.82, 2.24) is 24.8 Å². The molecule has 3 aromatic rings. The molecule has 0 radical (unpaired) electrons. The lowest BCUT2D eigenvalue weighted by Crippen LogP contribution is -2.19. The van der Waals surface area contributed by atoms with Crippen LogP contribution in [0.3, 0.4) is 0 Å². The van der Waals surface area contributed by atoms with Crippen LogP contribution < -0.4 is 15.8 Å². The normalized spacial score (nSPS) is 11.0. The highest BCUT2D eigenvalue weighted by Gasteiger charge is 2.06. The maximum atomic E-state index is 5.70. The number of nitrogen functional groups attached to an aromatic ring is 1. The number of likely N-dealkylation sites (N-methyl/N-ethyl adjacent to an activating group) is 1. The lowest BCUT2D eigenvalue weighted by atomic mass is 10.2. The molecule has 25 heavy (non-hydrogen) atoms. The van der Waals surface area contributed by atoms with E-state index in [0.717, 1.165) is 17.5 Å². The van der Waals surface area contributed by atoms with E-state index in [2.05, 4.69) is 30.2 Å². The Morgan fingerprint density at radius 1 is 1.16 bits per heavy atom. The van der Waals surface area contributed by atoms with Gasteiger partial charge in [0.2, 0.25) is 5.88 Å². The van der Waals surface area contributed by atoms with Gasteiger partial charge in [-0.25, -0.2) is 19.9 Å². The van der Waals surface area contributed by atoms with E-state index in [1.807, 2.05) is 32.3 Å². The maximum Gasteiger partial charge on any atom is 0.213 e. The molecule has 3 rings (SSSR count). The number of pyridine rings is 2. The first-order valence-electron chi connectivity index (χ1n) is 7.95. The van der Waals surface area contributed by atoms with E-state index in [4.69, 9.17) is 10.5 Å². The number of aromatic nitrogens is 4. The van der Waals surface area contributed by atoms with Crippen molar-refractivity contribution in [3.63, 3.8) is 0 Å². The lowest BCUT2D eigenvalue weighted by Gasteiger charge is -2.11. The summed E-state index contributed by atoms with van der Waals surface area (Å²) in [6, 6.07) is 7.45. The average molecular weight is 339 g/mol. The van der Waals surface area contributed by atoms with Crippen LogP contribution in [0.25, 0.3) is 11.0 Å². The van der Waals surface area contributed by atoms with Crippen molar-refractivity contribution >= 4 is 22.7 Å². The molecule has 0 unspecified atom stereocenters. The number of hydrogen-bond donors (Lipinski definition) is 2. The molecule has 0 amide bonds. The minimum absolute atomic E-state index is 0.436. The first-order valence-corrected chi connectivity index (χ1v) is 7.95. The predicted molar refractivity (Wildman–Crippen MR) is 97.4 cm³/mol. The molecule has 0 aromatic carbocycles. The number of rotatable bonds is 7. The first-order chi connectivity index (χ1) is 12.1. The van der Waals surface area contributed by atoms with E-state index in [0.29, 0.717) is 36.3 Å². The number of hydrogen-bond acceptors (Lipinski definition) is 8. The Hall–Kier alpha value is -3.00. The van der Waals surface area contributed by atoms with Crippen LogP contribution in [0.15, 0.2) is 36.8 Å². The van der Waals surface area contributed by atoms with Gasteiger partial charge in [-0.05, 0) is 37.9 Å². The fourth-order valence-corrected chi connectivity index (χ4v) is 2.26. The highest BCUT2D eigenvalue weighted by molar-refractivity contribution is 5.86. The Balaban J connectivity index is 1.68. The molecule has 0 aliphatic heterocycles. The largest absolute Gasteiger partial charge is 0.476 e. The summed E-state index contributed by atoms with van der Waals surface area (Å²) in [5, 5.41) is 4.13. The second kappa shape index (κ2) is 7.71. The number of fused-ring (bicyclic) bond motifs is 1. The van der Waals surface area contributed by atoms with Gasteiger partial charge in [-0.15, -0.1) is 0 Å². The SMILES string of the molecule is CN(C)CCOc1cc(CNc2ncnc3nc(N)ccc23)ccn1. The Bertz CT molecular complexity index is 853. The molecule has 8 nitrogen and oxygen atoms in total. The van der Waals surface area contributed by atoms with Crippen LogP contribution in [0.2, 0.25) is 0 Å². The molecular formula is C17H21N7O. The molecule has 0 saturated heterocycles. The third kappa shape index (κ3) is 4.51. The summed E-state index contributed by atoms with van der Waals surface area (Å²) >= 11 is 0. The number of nitrogens with two attached hydrogens (primary N) is 1. The van der Waals surface area contributed by atoms with Crippen molar-refractivity contribution < 1.29 is 4.74 Å². The Morgan fingerprint density at radius 2 is 2.04 bits per heavy atom. The molecule has 8 heteroatoms. The molecule has 0 atom stereocenters. The number of nitrogens with zero attached hydrogens (tertiary/aromatic N) is 5. The average Bonchev–Trinajstić information content (AvgIpc) is 2.59. The van der Waals surface area contributed by atoms with Crippen molar-refractivity contribution in [3.05, 3.63) is 42.4 Å². The summed E-state index contributed by atoms with van der Waals surface area (Å²) < 4.78 is 5.66. The van der Waals surface area contributed by atoms with Gasteiger partial charge < -0.3 is 20.7 Å². The maximum absolute atomic E-state index is 5.70. The van der Waals surface area contributed by atoms with Crippen LogP contribution in [-0.4, -0.2) is 52.1 Å². The Labute approximate surface area is 146 Å². The predicted octanol–water partition coefficient (Wildman–Crippen LogP) is 1.55. The van der Waals surface area contributed by atoms with Crippen molar-refractivity contribution in [1.29, 1.82) is 0 Å². The van der Waals surface area contributed by atoms with Gasteiger partial charge in [-0.1, -0.05) is 0 Å². The van der Waals surface area contributed by atoms with Crippen LogP contribution in [-0.2, 0) is 6.54 Å². The zero-order chi connectivity index (χ0) is 17.6. The van der Waals surface area contributed by atoms with E-state index in [-0.39, 0.29) is 0 Å². The number of anilines is 2. The van der Waals surface area contributed by atoms with Crippen LogP contribution >= 0.6 is 0 Å². The summed E-state index contributed by atoms with van der Waals surface area (Å²) in [7, 11) is 4.01. The van der Waals surface area contributed by atoms with E-state index in [9.17, 15) is 0 Å². The molecule has 0 aliphatic rings. The van der Waals surface area contributed by atoms with Gasteiger partial charge in [0.1, 0.15) is 24.6 Å². The van der Waals surface area contributed by atoms with E-state index in [1.54, 1.807) is 12.3 Å². The zero-order valence-electron chi connectivity index (χ0n) is 14.3. The van der Waals surface area contributed by atoms with E-state index in [1.165, 1.54) is 6.33 Å². The van der Waals surface area contributed by atoms with Crippen molar-refractivity contribution in [2.45, 2.75) is 6.54 Å². The fourth-order valence-electron chi connectivity index (χ4n) is 2.26. The summed E-state index contributed by atoms with van der Waals surface area (Å²) in [4.78, 5) is 18.9. The first kappa shape index (κ1) is 16.8. The van der Waals surface area contributed by atoms with Crippen LogP contribution in [0.4, 0.5) is 11.6 Å². The molecule has 3 heterocycles. The third-order valence-corrected chi connectivity index (χ3v) is 3.57. The lowest BCUT2D eigenvalue weighted by molar-refractivity contribution is 0.253. The van der Waals surface area contributed by atoms with E-state index < -0.39 is 0 Å². The van der Waals surface area contributed by atoms with Crippen molar-refractivity contribution in [2.75, 3.05) is 38.3 Å². The highest BCUT2D eigenvalue weighted by Crippen LogP contribution is 2.19. The second-order valence-electron chi connectivity index (χ2n) is 5.84. The van der Waals surface area contributed by atoms with Gasteiger partial charge in [0.15, 0.2) is 5.65 Å². The number of ether oxygens (including phenoxy) is 1. The van der Waals surface area contributed by atoms with Crippen LogP contribution in [0, 0.1) is 0 Å². The summed E-state index contributed by atoms with van der Waals surface area (Å²) in [5.41, 5.74) is 7.31. The van der Waals surface area contributed by atoms with Crippen molar-refractivity contribution in [2.24, 2.45) is 0 Å². The van der Waals surface area contributed by atoms with Gasteiger partial charge in [-0.3, -0.25) is 0 Å². The summed E-state index contributed by atoms with van der Waals surface area (Å²) in [6.45, 7) is 2.02. The molecule has 0 saturated carbocycles. The van der Waals surface area contributed by atoms with Crippen LogP contribution in [0.1, 0.15) is 5.56 Å². The zero-order valence-corrected chi connectivity index (χ0v) is 14.3. The van der Waals surface area contributed by atoms with Gasteiger partial charge in [0, 0.05) is 25.4 Å². The van der Waals surface area contributed by atoms with Crippen LogP contribution in [0.5, 0.6) is 5.88 Å². The van der Waals surface area contributed by atoms with Gasteiger partial charge in [0.25, 0.3) is 0 Å². The molecule has 3 N–H and O–H groups in total. The topological polar surface area (TPSA) is 102 Å². The Kier molecular flexibility index (Phi) is 5.20. The quantitative estimate of drug-likeness (QED) is 0.668. The standard InChI is InChI=1S/C17H21N7O/c1-24(2)7-8-25-15-9-12(5-6-19-15)10-20-16-13-3-4-14(18)23-17(13)22-11-21-16/h3-6,9,11H,7-8,10H2,1-2H3,(H3,18,20,21,22,23). The molecule has 3 aromatic heterocycles. The molecule has 0 spiro atoms. The second-order valence-corrected chi connectivity index (χ2v) is 5.84. The van der Waals surface area contributed by atoms with Gasteiger partial charge >= 0.3 is 0 Å². The minimum Gasteiger partial charge on any atom is -0.476 e. The summed E-state index contributed by atoms with van der Waals surface area (Å²) in [5.74, 6) is 1.76. The number of nitrogens with one attached hydrogen (secondary N) is 1. The fraction of sp³-hybridized carbons (Fsp3) is 0.294.